The lowest BCUT2D eigenvalue weighted by molar-refractivity contribution is -0.130. The molecule has 1 aromatic carbocycles. The van der Waals surface area contributed by atoms with Crippen LogP contribution in [0.5, 0.6) is 5.75 Å². The van der Waals surface area contributed by atoms with Crippen LogP contribution in [0.4, 0.5) is 0 Å². The van der Waals surface area contributed by atoms with Gasteiger partial charge in [-0.3, -0.25) is 4.79 Å². The summed E-state index contributed by atoms with van der Waals surface area (Å²) in [6.07, 6.45) is 3.43. The average Bonchev–Trinajstić information content (AvgIpc) is 2.81. The molecule has 0 spiro atoms. The SMILES string of the molecule is CCc1cc(OC)ccc1CCC(=O)N1CCCNCC1. The van der Waals surface area contributed by atoms with Gasteiger partial charge in [-0.2, -0.15) is 0 Å². The van der Waals surface area contributed by atoms with Gasteiger partial charge in [0.05, 0.1) is 7.11 Å². The minimum absolute atomic E-state index is 0.275. The number of hydrogen-bond acceptors (Lipinski definition) is 3. The molecular weight excluding hydrogens is 264 g/mol. The first-order chi connectivity index (χ1) is 10.2. The van der Waals surface area contributed by atoms with Gasteiger partial charge in [0, 0.05) is 26.1 Å². The molecule has 0 radical (unpaired) electrons. The molecule has 1 N–H and O–H groups in total. The Balaban J connectivity index is 1.94. The minimum Gasteiger partial charge on any atom is -0.497 e. The highest BCUT2D eigenvalue weighted by atomic mass is 16.5. The molecule has 0 aromatic heterocycles. The molecule has 4 heteroatoms. The van der Waals surface area contributed by atoms with Gasteiger partial charge in [-0.1, -0.05) is 13.0 Å². The number of hydrogen-bond donors (Lipinski definition) is 1. The summed E-state index contributed by atoms with van der Waals surface area (Å²) < 4.78 is 5.26. The molecule has 1 amide bonds. The number of amides is 1. The van der Waals surface area contributed by atoms with Crippen LogP contribution in [0.3, 0.4) is 0 Å². The third kappa shape index (κ3) is 4.46. The first-order valence-electron chi connectivity index (χ1n) is 7.89. The first kappa shape index (κ1) is 15.8. The Labute approximate surface area is 127 Å². The number of ether oxygens (including phenoxy) is 1. The van der Waals surface area contributed by atoms with Gasteiger partial charge in [0.15, 0.2) is 0 Å². The third-order valence-corrected chi connectivity index (χ3v) is 4.10. The Bertz CT molecular complexity index is 466. The lowest BCUT2D eigenvalue weighted by atomic mass is 10.00. The van der Waals surface area contributed by atoms with Gasteiger partial charge in [0.2, 0.25) is 5.91 Å². The van der Waals surface area contributed by atoms with Crippen LogP contribution in [0, 0.1) is 0 Å². The number of nitrogens with zero attached hydrogens (tertiary/aromatic N) is 1. The van der Waals surface area contributed by atoms with E-state index in [1.165, 1.54) is 11.1 Å². The van der Waals surface area contributed by atoms with Crippen LogP contribution in [0.25, 0.3) is 0 Å². The zero-order chi connectivity index (χ0) is 15.1. The summed E-state index contributed by atoms with van der Waals surface area (Å²) in [4.78, 5) is 14.3. The summed E-state index contributed by atoms with van der Waals surface area (Å²) in [5.41, 5.74) is 2.54. The topological polar surface area (TPSA) is 41.6 Å². The quantitative estimate of drug-likeness (QED) is 0.902. The number of carbonyl (C=O) groups is 1. The van der Waals surface area contributed by atoms with E-state index in [1.54, 1.807) is 7.11 Å². The van der Waals surface area contributed by atoms with Crippen molar-refractivity contribution >= 4 is 5.91 Å². The smallest absolute Gasteiger partial charge is 0.222 e. The third-order valence-electron chi connectivity index (χ3n) is 4.10. The van der Waals surface area contributed by atoms with Crippen molar-refractivity contribution in [2.75, 3.05) is 33.3 Å². The molecule has 4 nitrogen and oxygen atoms in total. The first-order valence-corrected chi connectivity index (χ1v) is 7.89. The highest BCUT2D eigenvalue weighted by Crippen LogP contribution is 2.20. The van der Waals surface area contributed by atoms with E-state index in [0.29, 0.717) is 6.42 Å². The molecule has 1 aliphatic rings. The van der Waals surface area contributed by atoms with Crippen molar-refractivity contribution < 1.29 is 9.53 Å². The molecule has 2 rings (SSSR count). The number of carbonyl (C=O) groups excluding carboxylic acids is 1. The normalized spacial score (nSPS) is 15.6. The summed E-state index contributed by atoms with van der Waals surface area (Å²) >= 11 is 0. The molecule has 0 saturated carbocycles. The minimum atomic E-state index is 0.275. The van der Waals surface area contributed by atoms with Crippen LogP contribution in [-0.2, 0) is 17.6 Å². The van der Waals surface area contributed by atoms with E-state index in [4.69, 9.17) is 4.74 Å². The van der Waals surface area contributed by atoms with E-state index in [-0.39, 0.29) is 5.91 Å². The van der Waals surface area contributed by atoms with Crippen LogP contribution < -0.4 is 10.1 Å². The molecule has 116 valence electrons. The van der Waals surface area contributed by atoms with Gasteiger partial charge < -0.3 is 15.0 Å². The second-order valence-electron chi connectivity index (χ2n) is 5.47. The number of methoxy groups -OCH3 is 1. The zero-order valence-electron chi connectivity index (χ0n) is 13.2. The lowest BCUT2D eigenvalue weighted by Gasteiger charge is -2.20. The van der Waals surface area contributed by atoms with E-state index in [9.17, 15) is 4.79 Å². The lowest BCUT2D eigenvalue weighted by Crippen LogP contribution is -2.34. The standard InChI is InChI=1S/C17H26N2O2/c1-3-14-13-16(21-2)7-5-15(14)6-8-17(20)19-11-4-9-18-10-12-19/h5,7,13,18H,3-4,6,8-12H2,1-2H3. The molecule has 1 heterocycles. The maximum absolute atomic E-state index is 12.3. The van der Waals surface area contributed by atoms with E-state index in [1.807, 2.05) is 11.0 Å². The van der Waals surface area contributed by atoms with Gasteiger partial charge >= 0.3 is 0 Å². The summed E-state index contributed by atoms with van der Waals surface area (Å²) in [6.45, 7) is 5.79. The van der Waals surface area contributed by atoms with Gasteiger partial charge in [-0.15, -0.1) is 0 Å². The summed E-state index contributed by atoms with van der Waals surface area (Å²) in [5, 5.41) is 3.33. The van der Waals surface area contributed by atoms with Crippen LogP contribution in [0.2, 0.25) is 0 Å². The molecule has 0 atom stereocenters. The van der Waals surface area contributed by atoms with E-state index in [0.717, 1.165) is 51.2 Å². The predicted octanol–water partition coefficient (Wildman–Crippen LogP) is 2.01. The predicted molar refractivity (Wildman–Crippen MR) is 84.8 cm³/mol. The van der Waals surface area contributed by atoms with Crippen molar-refractivity contribution in [1.82, 2.24) is 10.2 Å². The van der Waals surface area contributed by atoms with Gasteiger partial charge in [-0.05, 0) is 49.1 Å². The number of nitrogens with one attached hydrogen (secondary N) is 1. The summed E-state index contributed by atoms with van der Waals surface area (Å²) in [7, 11) is 1.69. The highest BCUT2D eigenvalue weighted by molar-refractivity contribution is 5.76. The van der Waals surface area contributed by atoms with E-state index in [2.05, 4.69) is 24.4 Å². The Morgan fingerprint density at radius 1 is 1.29 bits per heavy atom. The van der Waals surface area contributed by atoms with Crippen molar-refractivity contribution in [1.29, 1.82) is 0 Å². The second kappa shape index (κ2) is 8.03. The van der Waals surface area contributed by atoms with E-state index >= 15 is 0 Å². The average molecular weight is 290 g/mol. The van der Waals surface area contributed by atoms with Gasteiger partial charge in [0.25, 0.3) is 0 Å². The van der Waals surface area contributed by atoms with Crippen LogP contribution in [0.1, 0.15) is 30.9 Å². The van der Waals surface area contributed by atoms with Crippen LogP contribution in [-0.4, -0.2) is 44.1 Å². The Hall–Kier alpha value is -1.55. The van der Waals surface area contributed by atoms with Crippen molar-refractivity contribution in [2.45, 2.75) is 32.6 Å². The largest absolute Gasteiger partial charge is 0.497 e. The van der Waals surface area contributed by atoms with Gasteiger partial charge in [0.1, 0.15) is 5.75 Å². The Morgan fingerprint density at radius 3 is 2.90 bits per heavy atom. The molecule has 1 saturated heterocycles. The fourth-order valence-electron chi connectivity index (χ4n) is 2.80. The number of rotatable bonds is 5. The molecule has 0 bridgehead atoms. The van der Waals surface area contributed by atoms with Crippen molar-refractivity contribution in [3.05, 3.63) is 29.3 Å². The molecular formula is C17H26N2O2. The molecule has 0 aliphatic carbocycles. The van der Waals surface area contributed by atoms with Crippen molar-refractivity contribution in [3.63, 3.8) is 0 Å². The maximum atomic E-state index is 12.3. The van der Waals surface area contributed by atoms with Crippen molar-refractivity contribution in [2.24, 2.45) is 0 Å². The summed E-state index contributed by atoms with van der Waals surface area (Å²) in [5.74, 6) is 1.16. The maximum Gasteiger partial charge on any atom is 0.222 e. The highest BCUT2D eigenvalue weighted by Gasteiger charge is 2.15. The van der Waals surface area contributed by atoms with Gasteiger partial charge in [-0.25, -0.2) is 0 Å². The fraction of sp³-hybridized carbons (Fsp3) is 0.588. The monoisotopic (exact) mass is 290 g/mol. The molecule has 21 heavy (non-hydrogen) atoms. The fourth-order valence-corrected chi connectivity index (χ4v) is 2.80. The molecule has 1 fully saturated rings. The van der Waals surface area contributed by atoms with Crippen molar-refractivity contribution in [3.8, 4) is 5.75 Å². The zero-order valence-corrected chi connectivity index (χ0v) is 13.2. The second-order valence-corrected chi connectivity index (χ2v) is 5.47. The Morgan fingerprint density at radius 2 is 2.14 bits per heavy atom. The van der Waals surface area contributed by atoms with Crippen LogP contribution >= 0.6 is 0 Å². The number of benzene rings is 1. The Kier molecular flexibility index (Phi) is 6.05. The number of aryl methyl sites for hydroxylation is 2. The summed E-state index contributed by atoms with van der Waals surface area (Å²) in [6, 6.07) is 6.15. The van der Waals surface area contributed by atoms with E-state index < -0.39 is 0 Å². The molecule has 0 unspecified atom stereocenters. The molecule has 1 aromatic rings. The van der Waals surface area contributed by atoms with Crippen LogP contribution in [0.15, 0.2) is 18.2 Å². The molecule has 1 aliphatic heterocycles.